The number of nitrogens with one attached hydrogen (secondary N) is 1. The number of aliphatic hydroxyl groups is 2. The molecule has 8 nitrogen and oxygen atoms in total. The molecule has 3 N–H and O–H groups in total. The fourth-order valence-electron chi connectivity index (χ4n) is 7.74. The highest BCUT2D eigenvalue weighted by Gasteiger charge is 2.63. The average molecular weight is 593 g/mol. The van der Waals surface area contributed by atoms with E-state index in [-0.39, 0.29) is 24.9 Å². The molecule has 0 amide bonds. The van der Waals surface area contributed by atoms with Gasteiger partial charge in [-0.2, -0.15) is 0 Å². The van der Waals surface area contributed by atoms with Gasteiger partial charge in [0.25, 0.3) is 5.79 Å². The predicted molar refractivity (Wildman–Crippen MR) is 158 cm³/mol. The molecule has 1 spiro atoms. The lowest BCUT2D eigenvalue weighted by Gasteiger charge is -2.53. The Bertz CT molecular complexity index is 1350. The molecule has 2 aliphatic carbocycles. The molecule has 2 aromatic rings. The molecule has 43 heavy (non-hydrogen) atoms. The lowest BCUT2D eigenvalue weighted by Crippen LogP contribution is -2.65. The number of carbonyl (C=O) groups is 2. The lowest BCUT2D eigenvalue weighted by atomic mass is 9.64. The smallest absolute Gasteiger partial charge is 0.334 e. The van der Waals surface area contributed by atoms with Gasteiger partial charge in [0.1, 0.15) is 11.4 Å². The third-order valence-corrected chi connectivity index (χ3v) is 9.86. The highest BCUT2D eigenvalue weighted by Crippen LogP contribution is 2.54. The van der Waals surface area contributed by atoms with Crippen molar-refractivity contribution in [2.24, 2.45) is 0 Å². The highest BCUT2D eigenvalue weighted by molar-refractivity contribution is 5.93. The third-order valence-electron chi connectivity index (χ3n) is 9.86. The number of benzene rings is 2. The fourth-order valence-corrected chi connectivity index (χ4v) is 7.74. The first kappa shape index (κ1) is 29.9. The van der Waals surface area contributed by atoms with Crippen LogP contribution in [0.15, 0.2) is 54.6 Å². The van der Waals surface area contributed by atoms with E-state index < -0.39 is 40.7 Å². The molecule has 0 bridgehead atoms. The summed E-state index contributed by atoms with van der Waals surface area (Å²) >= 11 is 0. The normalized spacial score (nSPS) is 26.4. The molecule has 6 rings (SSSR count). The van der Waals surface area contributed by atoms with Gasteiger partial charge < -0.3 is 29.9 Å². The van der Waals surface area contributed by atoms with Crippen LogP contribution in [0.1, 0.15) is 74.8 Å². The van der Waals surface area contributed by atoms with Crippen LogP contribution in [0.5, 0.6) is 0 Å². The van der Waals surface area contributed by atoms with E-state index in [2.05, 4.69) is 10.2 Å². The van der Waals surface area contributed by atoms with E-state index in [9.17, 15) is 19.8 Å². The Morgan fingerprint density at radius 3 is 2.14 bits per heavy atom. The number of piperazine rings is 1. The Morgan fingerprint density at radius 2 is 1.47 bits per heavy atom. The van der Waals surface area contributed by atoms with Gasteiger partial charge in [-0.15, -0.1) is 0 Å². The Balaban J connectivity index is 1.62. The maximum absolute atomic E-state index is 16.4. The van der Waals surface area contributed by atoms with Gasteiger partial charge in [-0.3, -0.25) is 0 Å². The van der Waals surface area contributed by atoms with Crippen LogP contribution in [-0.2, 0) is 24.7 Å². The van der Waals surface area contributed by atoms with E-state index in [1.807, 2.05) is 30.3 Å². The maximum atomic E-state index is 16.4. The monoisotopic (exact) mass is 592 g/mol. The Labute approximate surface area is 251 Å². The molecule has 3 fully saturated rings. The van der Waals surface area contributed by atoms with Crippen LogP contribution in [-0.4, -0.2) is 71.2 Å². The lowest BCUT2D eigenvalue weighted by molar-refractivity contribution is -0.309. The predicted octanol–water partition coefficient (Wildman–Crippen LogP) is 4.29. The third kappa shape index (κ3) is 5.64. The van der Waals surface area contributed by atoms with Crippen LogP contribution >= 0.6 is 0 Å². The molecular weight excluding hydrogens is 551 g/mol. The minimum Gasteiger partial charge on any atom is -0.416 e. The molecule has 2 unspecified atom stereocenters. The number of hydrogen-bond acceptors (Lipinski definition) is 8. The standard InChI is InChI=1S/C34H41FN2O6/c35-27-12-11-25(24-9-3-1-4-10-24)30(31(27)32(40)15-5-2-6-16-32)26(23-37-21-19-36-20-22-37)33(41)17-7-8-18-34(33)42-28(38)13-14-29(39)43-34/h1,3-4,9-14,26,36,40-41H,2,5-8,15-23H2. The molecule has 2 saturated carbocycles. The van der Waals surface area contributed by atoms with E-state index in [0.717, 1.165) is 50.1 Å². The number of ether oxygens (including phenoxy) is 2. The van der Waals surface area contributed by atoms with Crippen molar-refractivity contribution < 1.29 is 33.7 Å². The molecule has 0 aromatic heterocycles. The zero-order valence-corrected chi connectivity index (χ0v) is 24.5. The van der Waals surface area contributed by atoms with Crippen molar-refractivity contribution in [3.05, 3.63) is 71.6 Å². The van der Waals surface area contributed by atoms with Crippen molar-refractivity contribution in [2.75, 3.05) is 32.7 Å². The SMILES string of the molecule is O=C1C=CC(=O)OC2(CCCCC2(O)C(CN2CCNCC2)c2c(-c3ccccc3)ccc(F)c2C2(O)CCCCC2)O1. The van der Waals surface area contributed by atoms with Crippen molar-refractivity contribution in [1.82, 2.24) is 10.2 Å². The fraction of sp³-hybridized carbons (Fsp3) is 0.529. The Morgan fingerprint density at radius 1 is 0.837 bits per heavy atom. The molecule has 2 aromatic carbocycles. The van der Waals surface area contributed by atoms with Crippen molar-refractivity contribution in [3.63, 3.8) is 0 Å². The molecule has 230 valence electrons. The van der Waals surface area contributed by atoms with Crippen molar-refractivity contribution >= 4 is 11.9 Å². The van der Waals surface area contributed by atoms with Gasteiger partial charge >= 0.3 is 11.9 Å². The molecule has 1 saturated heterocycles. The van der Waals surface area contributed by atoms with E-state index in [1.165, 1.54) is 6.07 Å². The van der Waals surface area contributed by atoms with Crippen LogP contribution in [0.25, 0.3) is 11.1 Å². The molecule has 9 heteroatoms. The number of nitrogens with zero attached hydrogens (tertiary/aromatic N) is 1. The number of rotatable bonds is 6. The first-order chi connectivity index (χ1) is 20.7. The van der Waals surface area contributed by atoms with E-state index in [1.54, 1.807) is 6.07 Å². The van der Waals surface area contributed by atoms with Gasteiger partial charge in [0, 0.05) is 62.8 Å². The molecule has 2 heterocycles. The zero-order valence-electron chi connectivity index (χ0n) is 24.5. The van der Waals surface area contributed by atoms with E-state index >= 15 is 4.39 Å². The van der Waals surface area contributed by atoms with E-state index in [4.69, 9.17) is 9.47 Å². The minimum absolute atomic E-state index is 0.107. The first-order valence-corrected chi connectivity index (χ1v) is 15.6. The number of hydrogen-bond donors (Lipinski definition) is 3. The summed E-state index contributed by atoms with van der Waals surface area (Å²) in [6, 6.07) is 12.7. The van der Waals surface area contributed by atoms with E-state index in [0.29, 0.717) is 49.9 Å². The second kappa shape index (κ2) is 12.1. The Kier molecular flexibility index (Phi) is 8.43. The topological polar surface area (TPSA) is 108 Å². The van der Waals surface area contributed by atoms with Gasteiger partial charge in [0.15, 0.2) is 0 Å². The summed E-state index contributed by atoms with van der Waals surface area (Å²) in [5.41, 5.74) is -1.18. The van der Waals surface area contributed by atoms with Gasteiger partial charge in [-0.1, -0.05) is 55.7 Å². The van der Waals surface area contributed by atoms with Crippen LogP contribution in [0.3, 0.4) is 0 Å². The minimum atomic E-state index is -1.98. The summed E-state index contributed by atoms with van der Waals surface area (Å²) in [6.07, 6.45) is 6.71. The molecule has 4 aliphatic rings. The number of halogens is 1. The van der Waals surface area contributed by atoms with Crippen molar-refractivity contribution in [3.8, 4) is 11.1 Å². The van der Waals surface area contributed by atoms with Gasteiger partial charge in [-0.25, -0.2) is 14.0 Å². The van der Waals surface area contributed by atoms with Crippen LogP contribution in [0.2, 0.25) is 0 Å². The summed E-state index contributed by atoms with van der Waals surface area (Å²) in [7, 11) is 0. The highest BCUT2D eigenvalue weighted by atomic mass is 19.1. The first-order valence-electron chi connectivity index (χ1n) is 15.6. The summed E-state index contributed by atoms with van der Waals surface area (Å²) in [5, 5.41) is 28.7. The Hall–Kier alpha value is -3.11. The van der Waals surface area contributed by atoms with Gasteiger partial charge in [0.2, 0.25) is 0 Å². The summed E-state index contributed by atoms with van der Waals surface area (Å²) in [5.74, 6) is -4.94. The zero-order chi connectivity index (χ0) is 30.1. The molecular formula is C34H41FN2O6. The molecule has 0 radical (unpaired) electrons. The number of carbonyl (C=O) groups excluding carboxylic acids is 2. The summed E-state index contributed by atoms with van der Waals surface area (Å²) < 4.78 is 28.2. The number of esters is 2. The maximum Gasteiger partial charge on any atom is 0.334 e. The van der Waals surface area contributed by atoms with Crippen LogP contribution in [0, 0.1) is 5.82 Å². The van der Waals surface area contributed by atoms with Gasteiger partial charge in [0.05, 0.1) is 5.60 Å². The molecule has 2 aliphatic heterocycles. The summed E-state index contributed by atoms with van der Waals surface area (Å²) in [6.45, 7) is 3.16. The summed E-state index contributed by atoms with van der Waals surface area (Å²) in [4.78, 5) is 28.0. The second-order valence-corrected chi connectivity index (χ2v) is 12.5. The van der Waals surface area contributed by atoms with Crippen molar-refractivity contribution in [2.45, 2.75) is 80.7 Å². The van der Waals surface area contributed by atoms with Crippen LogP contribution < -0.4 is 5.32 Å². The van der Waals surface area contributed by atoms with Gasteiger partial charge in [-0.05, 0) is 54.9 Å². The average Bonchev–Trinajstić information content (AvgIpc) is 3.16. The second-order valence-electron chi connectivity index (χ2n) is 12.5. The quantitative estimate of drug-likeness (QED) is 0.427. The largest absolute Gasteiger partial charge is 0.416 e. The molecule has 2 atom stereocenters. The van der Waals surface area contributed by atoms with Crippen LogP contribution in [0.4, 0.5) is 4.39 Å². The van der Waals surface area contributed by atoms with Crippen molar-refractivity contribution in [1.29, 1.82) is 0 Å².